The molecule has 0 aliphatic heterocycles. The fourth-order valence-corrected chi connectivity index (χ4v) is 4.47. The monoisotopic (exact) mass is 578 g/mol. The number of aromatic nitrogens is 1. The molecule has 0 spiro atoms. The second-order valence-electron chi connectivity index (χ2n) is 6.03. The van der Waals surface area contributed by atoms with Crippen molar-refractivity contribution in [2.24, 2.45) is 0 Å². The van der Waals surface area contributed by atoms with Crippen LogP contribution in [0.3, 0.4) is 0 Å². The van der Waals surface area contributed by atoms with E-state index in [-0.39, 0.29) is 17.1 Å². The van der Waals surface area contributed by atoms with Crippen molar-refractivity contribution >= 4 is 62.9 Å². The Hall–Kier alpha value is -1.59. The van der Waals surface area contributed by atoms with Crippen LogP contribution in [0, 0.1) is 11.6 Å². The first-order chi connectivity index (χ1) is 13.3. The van der Waals surface area contributed by atoms with Gasteiger partial charge in [0.25, 0.3) is 0 Å². The average Bonchev–Trinajstić information content (AvgIpc) is 3.07. The number of rotatable bonds is 6. The molecule has 0 saturated carbocycles. The van der Waals surface area contributed by atoms with Crippen LogP contribution in [-0.4, -0.2) is 28.8 Å². The van der Waals surface area contributed by atoms with Crippen LogP contribution < -0.4 is 4.74 Å². The van der Waals surface area contributed by atoms with Gasteiger partial charge in [-0.2, -0.15) is 0 Å². The normalized spacial score (nSPS) is 11.4. The number of allylic oxidation sites excluding steroid dienone is 1. The summed E-state index contributed by atoms with van der Waals surface area (Å²) < 4.78 is 36.7. The van der Waals surface area contributed by atoms with Gasteiger partial charge < -0.3 is 9.64 Å². The first kappa shape index (κ1) is 21.1. The summed E-state index contributed by atoms with van der Waals surface area (Å²) in [6.07, 6.45) is 4.60. The number of hydrogen-bond acceptors (Lipinski definition) is 4. The maximum atomic E-state index is 14.7. The van der Waals surface area contributed by atoms with Gasteiger partial charge in [0.2, 0.25) is 0 Å². The zero-order valence-electron chi connectivity index (χ0n) is 14.7. The van der Waals surface area contributed by atoms with Crippen molar-refractivity contribution in [3.8, 4) is 11.5 Å². The van der Waals surface area contributed by atoms with E-state index in [4.69, 9.17) is 4.74 Å². The summed E-state index contributed by atoms with van der Waals surface area (Å²) in [4.78, 5) is 13.9. The average molecular weight is 579 g/mol. The highest BCUT2D eigenvalue weighted by Crippen LogP contribution is 2.40. The van der Waals surface area contributed by atoms with E-state index < -0.39 is 17.4 Å². The molecular weight excluding hydrogens is 565 g/mol. The van der Waals surface area contributed by atoms with Gasteiger partial charge in [-0.3, -0.25) is 8.77 Å². The van der Waals surface area contributed by atoms with Crippen LogP contribution in [0.1, 0.15) is 10.4 Å². The van der Waals surface area contributed by atoms with Crippen molar-refractivity contribution in [1.29, 1.82) is 0 Å². The Morgan fingerprint density at radius 3 is 2.68 bits per heavy atom. The molecule has 0 aliphatic carbocycles. The summed E-state index contributed by atoms with van der Waals surface area (Å²) >= 11 is 5.49. The summed E-state index contributed by atoms with van der Waals surface area (Å²) in [5, 5.41) is 0.771. The first-order valence-electron chi connectivity index (χ1n) is 7.96. The molecule has 0 bridgehead atoms. The molecule has 3 aromatic rings. The largest absolute Gasteiger partial charge is 0.453 e. The predicted molar refractivity (Wildman–Crippen MR) is 120 cm³/mol. The molecule has 0 fully saturated rings. The van der Waals surface area contributed by atoms with Crippen molar-refractivity contribution in [1.82, 2.24) is 8.87 Å². The number of carbonyl (C=O) groups is 1. The Bertz CT molecular complexity index is 1090. The van der Waals surface area contributed by atoms with E-state index in [0.29, 0.717) is 9.99 Å². The molecule has 0 amide bonds. The molecule has 2 aromatic carbocycles. The molecule has 0 aliphatic rings. The number of carbonyl (C=O) groups excluding carboxylic acids is 1. The number of ketones is 1. The molecule has 0 radical (unpaired) electrons. The van der Waals surface area contributed by atoms with Gasteiger partial charge in [0, 0.05) is 74.3 Å². The van der Waals surface area contributed by atoms with Crippen molar-refractivity contribution in [3.05, 3.63) is 70.5 Å². The highest BCUT2D eigenvalue weighted by molar-refractivity contribution is 14.2. The minimum Gasteiger partial charge on any atom is -0.453 e. The Kier molecular flexibility index (Phi) is 6.66. The quantitative estimate of drug-likeness (QED) is 0.188. The van der Waals surface area contributed by atoms with Crippen LogP contribution in [0.4, 0.5) is 8.78 Å². The van der Waals surface area contributed by atoms with E-state index in [1.54, 1.807) is 19.0 Å². The lowest BCUT2D eigenvalue weighted by atomic mass is 10.1. The topological polar surface area (TPSA) is 34.5 Å². The Morgan fingerprint density at radius 2 is 2.00 bits per heavy atom. The van der Waals surface area contributed by atoms with E-state index in [1.165, 1.54) is 39.6 Å². The summed E-state index contributed by atoms with van der Waals surface area (Å²) in [5.41, 5.74) is 0.542. The molecule has 1 aromatic heterocycles. The Balaban J connectivity index is 1.98. The number of nitrogens with zero attached hydrogens (tertiary/aromatic N) is 2. The zero-order chi connectivity index (χ0) is 20.4. The summed E-state index contributed by atoms with van der Waals surface area (Å²) in [5.74, 6) is -1.63. The van der Waals surface area contributed by atoms with E-state index in [1.807, 2.05) is 16.2 Å². The molecule has 0 atom stereocenters. The third-order valence-corrected chi connectivity index (χ3v) is 6.36. The minimum atomic E-state index is -0.674. The van der Waals surface area contributed by atoms with Gasteiger partial charge in [-0.1, -0.05) is 0 Å². The fraction of sp³-hybridized carbons (Fsp3) is 0.105. The van der Waals surface area contributed by atoms with E-state index in [0.717, 1.165) is 11.5 Å². The van der Waals surface area contributed by atoms with Gasteiger partial charge in [-0.25, -0.2) is 8.78 Å². The molecular formula is C19H14BrF2IN2O2S. The van der Waals surface area contributed by atoms with Gasteiger partial charge in [0.1, 0.15) is 11.6 Å². The lowest BCUT2D eigenvalue weighted by molar-refractivity contribution is 0.104. The lowest BCUT2D eigenvalue weighted by Crippen LogP contribution is -2.04. The second kappa shape index (κ2) is 8.83. The lowest BCUT2D eigenvalue weighted by Gasteiger charge is -2.12. The molecule has 3 rings (SSSR count). The highest BCUT2D eigenvalue weighted by Gasteiger charge is 2.18. The molecule has 146 valence electrons. The maximum absolute atomic E-state index is 14.7. The molecule has 9 heteroatoms. The molecule has 28 heavy (non-hydrogen) atoms. The van der Waals surface area contributed by atoms with Crippen molar-refractivity contribution in [2.75, 3.05) is 14.1 Å². The van der Waals surface area contributed by atoms with Crippen LogP contribution in [0.5, 0.6) is 11.5 Å². The van der Waals surface area contributed by atoms with Gasteiger partial charge in [0.05, 0.1) is 15.6 Å². The maximum Gasteiger partial charge on any atom is 0.190 e. The number of hydrogen-bond donors (Lipinski definition) is 0. The third kappa shape index (κ3) is 4.36. The molecule has 0 saturated heterocycles. The number of fused-ring (bicyclic) bond motifs is 1. The van der Waals surface area contributed by atoms with Crippen LogP contribution in [0.25, 0.3) is 10.9 Å². The summed E-state index contributed by atoms with van der Waals surface area (Å²) in [7, 11) is 4.91. The smallest absolute Gasteiger partial charge is 0.190 e. The molecule has 1 heterocycles. The SMILES string of the molecule is CN(C)/C=C/C(=O)c1cc(Oc2c(F)cc3c(ccn3SI)c2Br)ccc1F. The molecule has 0 N–H and O–H groups in total. The van der Waals surface area contributed by atoms with E-state index in [9.17, 15) is 13.6 Å². The van der Waals surface area contributed by atoms with Crippen LogP contribution >= 0.6 is 46.3 Å². The van der Waals surface area contributed by atoms with Crippen molar-refractivity contribution in [3.63, 3.8) is 0 Å². The van der Waals surface area contributed by atoms with Gasteiger partial charge in [-0.05, 0) is 40.2 Å². The standard InChI is InChI=1S/C19H14BrF2IN2O2S/c1-24(2)7-6-17(26)13-9-11(3-4-14(13)21)27-19-15(22)10-16-12(18(19)20)5-8-25(16)28-23/h3-10H,1-2H3/b7-6+. The van der Waals surface area contributed by atoms with Gasteiger partial charge >= 0.3 is 0 Å². The van der Waals surface area contributed by atoms with Crippen LogP contribution in [0.2, 0.25) is 0 Å². The van der Waals surface area contributed by atoms with Gasteiger partial charge in [0.15, 0.2) is 17.3 Å². The van der Waals surface area contributed by atoms with Crippen molar-refractivity contribution in [2.45, 2.75) is 0 Å². The molecule has 4 nitrogen and oxygen atoms in total. The Morgan fingerprint density at radius 1 is 1.25 bits per heavy atom. The number of halogens is 4. The third-order valence-electron chi connectivity index (χ3n) is 3.83. The second-order valence-corrected chi connectivity index (χ2v) is 8.54. The number of ether oxygens (including phenoxy) is 1. The first-order valence-corrected chi connectivity index (χ1v) is 12.1. The minimum absolute atomic E-state index is 0.0300. The predicted octanol–water partition coefficient (Wildman–Crippen LogP) is 6.58. The van der Waals surface area contributed by atoms with E-state index in [2.05, 4.69) is 37.1 Å². The molecule has 0 unspecified atom stereocenters. The Labute approximate surface area is 185 Å². The van der Waals surface area contributed by atoms with Crippen LogP contribution in [0.15, 0.2) is 53.3 Å². The fourth-order valence-electron chi connectivity index (χ4n) is 2.50. The zero-order valence-corrected chi connectivity index (χ0v) is 19.3. The van der Waals surface area contributed by atoms with Crippen molar-refractivity contribution < 1.29 is 18.3 Å². The van der Waals surface area contributed by atoms with E-state index >= 15 is 0 Å². The summed E-state index contributed by atoms with van der Waals surface area (Å²) in [6.45, 7) is 0. The number of benzene rings is 2. The van der Waals surface area contributed by atoms with Gasteiger partial charge in [-0.15, -0.1) is 0 Å². The summed E-state index contributed by atoms with van der Waals surface area (Å²) in [6, 6.07) is 6.95. The van der Waals surface area contributed by atoms with Crippen LogP contribution in [-0.2, 0) is 0 Å². The highest BCUT2D eigenvalue weighted by atomic mass is 127.